The van der Waals surface area contributed by atoms with Crippen molar-refractivity contribution in [3.8, 4) is 5.69 Å². The van der Waals surface area contributed by atoms with Crippen molar-refractivity contribution >= 4 is 23.4 Å². The number of hydrogen-bond acceptors (Lipinski definition) is 5. The molecular weight excluding hydrogens is 460 g/mol. The van der Waals surface area contributed by atoms with Crippen LogP contribution in [0.4, 0.5) is 5.69 Å². The van der Waals surface area contributed by atoms with Crippen LogP contribution in [0.3, 0.4) is 0 Å². The summed E-state index contributed by atoms with van der Waals surface area (Å²) in [5.74, 6) is 0.0792. The molecule has 2 aliphatic rings. The van der Waals surface area contributed by atoms with Gasteiger partial charge in [0.15, 0.2) is 0 Å². The van der Waals surface area contributed by atoms with Crippen LogP contribution in [0.25, 0.3) is 5.69 Å². The first kappa shape index (κ1) is 23.9. The maximum Gasteiger partial charge on any atom is 0.350 e. The molecule has 1 saturated heterocycles. The number of aromatic nitrogens is 3. The lowest BCUT2D eigenvalue weighted by atomic mass is 9.99. The molecular formula is C27H32N4O3S. The minimum Gasteiger partial charge on any atom is -0.381 e. The topological polar surface area (TPSA) is 78.2 Å². The lowest BCUT2D eigenvalue weighted by molar-refractivity contribution is -0.122. The summed E-state index contributed by atoms with van der Waals surface area (Å²) in [7, 11) is 0. The Morgan fingerprint density at radius 3 is 2.43 bits per heavy atom. The highest BCUT2D eigenvalue weighted by Gasteiger charge is 2.22. The normalized spacial score (nSPS) is 17.7. The van der Waals surface area contributed by atoms with Crippen molar-refractivity contribution in [1.29, 1.82) is 0 Å². The van der Waals surface area contributed by atoms with Gasteiger partial charge in [-0.15, -0.1) is 0 Å². The van der Waals surface area contributed by atoms with E-state index >= 15 is 0 Å². The summed E-state index contributed by atoms with van der Waals surface area (Å²) in [6, 6.07) is 16.0. The molecule has 5 rings (SSSR count). The van der Waals surface area contributed by atoms with E-state index in [0.717, 1.165) is 46.8 Å². The molecule has 2 heterocycles. The quantitative estimate of drug-likeness (QED) is 0.463. The summed E-state index contributed by atoms with van der Waals surface area (Å²) < 4.78 is 8.66. The fourth-order valence-electron chi connectivity index (χ4n) is 4.91. The molecule has 1 aliphatic carbocycles. The molecule has 2 aromatic carbocycles. The first-order valence-corrected chi connectivity index (χ1v) is 13.4. The molecule has 3 aromatic rings. The van der Waals surface area contributed by atoms with E-state index in [2.05, 4.69) is 10.4 Å². The molecule has 2 fully saturated rings. The Morgan fingerprint density at radius 2 is 1.69 bits per heavy atom. The smallest absolute Gasteiger partial charge is 0.350 e. The van der Waals surface area contributed by atoms with E-state index in [0.29, 0.717) is 13.2 Å². The van der Waals surface area contributed by atoms with Gasteiger partial charge in [0.25, 0.3) is 0 Å². The maximum absolute atomic E-state index is 13.0. The van der Waals surface area contributed by atoms with Crippen LogP contribution in [-0.4, -0.2) is 33.5 Å². The Labute approximate surface area is 209 Å². The van der Waals surface area contributed by atoms with E-state index in [-0.39, 0.29) is 23.6 Å². The van der Waals surface area contributed by atoms with E-state index in [9.17, 15) is 9.59 Å². The van der Waals surface area contributed by atoms with Crippen LogP contribution in [0.2, 0.25) is 0 Å². The largest absolute Gasteiger partial charge is 0.381 e. The number of benzene rings is 2. The summed E-state index contributed by atoms with van der Waals surface area (Å²) in [6.45, 7) is 1.30. The number of hydrogen-bond donors (Lipinski definition) is 1. The Morgan fingerprint density at radius 1 is 0.943 bits per heavy atom. The predicted molar refractivity (Wildman–Crippen MR) is 137 cm³/mol. The van der Waals surface area contributed by atoms with Crippen molar-refractivity contribution < 1.29 is 9.53 Å². The summed E-state index contributed by atoms with van der Waals surface area (Å²) in [5, 5.41) is 7.45. The highest BCUT2D eigenvalue weighted by atomic mass is 32.2. The summed E-state index contributed by atoms with van der Waals surface area (Å²) in [6.07, 6.45) is 10.2. The van der Waals surface area contributed by atoms with Crippen LogP contribution in [0, 0.1) is 5.92 Å². The number of carbonyl (C=O) groups excluding carboxylic acids is 1. The van der Waals surface area contributed by atoms with Crippen LogP contribution in [0.15, 0.2) is 69.4 Å². The zero-order valence-corrected chi connectivity index (χ0v) is 20.7. The molecule has 1 aliphatic heterocycles. The summed E-state index contributed by atoms with van der Waals surface area (Å²) in [5.41, 5.74) is 1.51. The van der Waals surface area contributed by atoms with Crippen LogP contribution >= 0.6 is 11.8 Å². The van der Waals surface area contributed by atoms with Crippen LogP contribution < -0.4 is 11.0 Å². The van der Waals surface area contributed by atoms with E-state index < -0.39 is 0 Å². The SMILES string of the molecule is O=C(Nc1cccc(Sc2ccc(-n3ncn(C4CCCCCC4)c3=O)cc2)c1)C1CCOCC1. The molecule has 8 heteroatoms. The van der Waals surface area contributed by atoms with Gasteiger partial charge >= 0.3 is 5.69 Å². The monoisotopic (exact) mass is 492 g/mol. The van der Waals surface area contributed by atoms with E-state index in [1.807, 2.05) is 53.1 Å². The molecule has 1 aromatic heterocycles. The Kier molecular flexibility index (Phi) is 7.69. The number of nitrogens with zero attached hydrogens (tertiary/aromatic N) is 3. The lowest BCUT2D eigenvalue weighted by Crippen LogP contribution is -2.28. The van der Waals surface area contributed by atoms with Gasteiger partial charge in [0.2, 0.25) is 5.91 Å². The minimum atomic E-state index is -0.0646. The zero-order valence-electron chi connectivity index (χ0n) is 19.9. The molecule has 0 spiro atoms. The number of carbonyl (C=O) groups is 1. The van der Waals surface area contributed by atoms with Crippen LogP contribution in [0.5, 0.6) is 0 Å². The van der Waals surface area contributed by atoms with E-state index in [1.165, 1.54) is 30.4 Å². The van der Waals surface area contributed by atoms with Crippen LogP contribution in [-0.2, 0) is 9.53 Å². The number of rotatable bonds is 6. The molecule has 184 valence electrons. The third kappa shape index (κ3) is 5.87. The molecule has 1 N–H and O–H groups in total. The average Bonchev–Trinajstić information content (AvgIpc) is 3.08. The molecule has 0 radical (unpaired) electrons. The number of nitrogens with one attached hydrogen (secondary N) is 1. The first-order valence-electron chi connectivity index (χ1n) is 12.6. The average molecular weight is 493 g/mol. The number of ether oxygens (including phenoxy) is 1. The molecule has 35 heavy (non-hydrogen) atoms. The second-order valence-electron chi connectivity index (χ2n) is 9.38. The number of amides is 1. The van der Waals surface area contributed by atoms with Gasteiger partial charge in [-0.05, 0) is 68.1 Å². The van der Waals surface area contributed by atoms with Crippen molar-refractivity contribution in [2.24, 2.45) is 5.92 Å². The number of anilines is 1. The molecule has 7 nitrogen and oxygen atoms in total. The predicted octanol–water partition coefficient (Wildman–Crippen LogP) is 5.45. The van der Waals surface area contributed by atoms with Crippen molar-refractivity contribution in [1.82, 2.24) is 14.3 Å². The molecule has 1 saturated carbocycles. The third-order valence-electron chi connectivity index (χ3n) is 6.92. The fourth-order valence-corrected chi connectivity index (χ4v) is 5.79. The highest BCUT2D eigenvalue weighted by molar-refractivity contribution is 7.99. The Hall–Kier alpha value is -2.84. The maximum atomic E-state index is 13.0. The molecule has 0 unspecified atom stereocenters. The van der Waals surface area contributed by atoms with Gasteiger partial charge in [0.1, 0.15) is 6.33 Å². The van der Waals surface area contributed by atoms with Crippen molar-refractivity contribution in [3.05, 3.63) is 65.3 Å². The van der Waals surface area contributed by atoms with Crippen LogP contribution in [0.1, 0.15) is 57.4 Å². The molecule has 1 amide bonds. The molecule has 0 atom stereocenters. The lowest BCUT2D eigenvalue weighted by Gasteiger charge is -2.21. The van der Waals surface area contributed by atoms with Crippen molar-refractivity contribution in [2.75, 3.05) is 18.5 Å². The third-order valence-corrected chi connectivity index (χ3v) is 7.92. The summed E-state index contributed by atoms with van der Waals surface area (Å²) >= 11 is 1.62. The Balaban J connectivity index is 1.24. The fraction of sp³-hybridized carbons (Fsp3) is 0.444. The second kappa shape index (κ2) is 11.3. The van der Waals surface area contributed by atoms with Gasteiger partial charge in [-0.3, -0.25) is 9.36 Å². The standard InChI is InChI=1S/C27H32N4O3S/c32-26(20-14-16-34-17-15-20)29-21-6-5-9-25(18-21)35-24-12-10-23(11-13-24)31-27(33)30(19-28-31)22-7-3-1-2-4-8-22/h5-6,9-13,18-20,22H,1-4,7-8,14-17H2,(H,29,32). The Bertz CT molecular complexity index is 1190. The summed E-state index contributed by atoms with van der Waals surface area (Å²) in [4.78, 5) is 27.7. The molecule has 0 bridgehead atoms. The van der Waals surface area contributed by atoms with Gasteiger partial charge in [0.05, 0.1) is 5.69 Å². The first-order chi connectivity index (χ1) is 17.2. The van der Waals surface area contributed by atoms with Gasteiger partial charge in [-0.1, -0.05) is 43.5 Å². The highest BCUT2D eigenvalue weighted by Crippen LogP contribution is 2.30. The minimum absolute atomic E-state index is 0.0158. The van der Waals surface area contributed by atoms with Crippen molar-refractivity contribution in [3.63, 3.8) is 0 Å². The second-order valence-corrected chi connectivity index (χ2v) is 10.5. The van der Waals surface area contributed by atoms with Crippen molar-refractivity contribution in [2.45, 2.75) is 67.2 Å². The van der Waals surface area contributed by atoms with Gasteiger partial charge in [-0.2, -0.15) is 9.78 Å². The van der Waals surface area contributed by atoms with Gasteiger partial charge < -0.3 is 10.1 Å². The van der Waals surface area contributed by atoms with E-state index in [4.69, 9.17) is 4.74 Å². The van der Waals surface area contributed by atoms with Gasteiger partial charge in [-0.25, -0.2) is 4.79 Å². The zero-order chi connectivity index (χ0) is 24.0. The van der Waals surface area contributed by atoms with E-state index in [1.54, 1.807) is 18.1 Å². The van der Waals surface area contributed by atoms with Gasteiger partial charge in [0, 0.05) is 40.7 Å².